The van der Waals surface area contributed by atoms with Crippen LogP contribution in [0, 0.1) is 12.7 Å². The van der Waals surface area contributed by atoms with E-state index in [2.05, 4.69) is 10.5 Å². The van der Waals surface area contributed by atoms with Crippen molar-refractivity contribution < 1.29 is 13.7 Å². The van der Waals surface area contributed by atoms with Gasteiger partial charge < -0.3 is 9.84 Å². The van der Waals surface area contributed by atoms with Crippen molar-refractivity contribution in [3.05, 3.63) is 83.7 Å². The second kappa shape index (κ2) is 6.44. The van der Waals surface area contributed by atoms with Crippen LogP contribution in [0.4, 0.5) is 10.1 Å². The predicted octanol–water partition coefficient (Wildman–Crippen LogP) is 5.19. The van der Waals surface area contributed by atoms with Gasteiger partial charge in [0.05, 0.1) is 5.39 Å². The Balaban J connectivity index is 1.69. The zero-order valence-electron chi connectivity index (χ0n) is 14.0. The summed E-state index contributed by atoms with van der Waals surface area (Å²) in [6, 6.07) is 18.7. The molecule has 1 aromatic heterocycles. The van der Waals surface area contributed by atoms with Crippen LogP contribution in [-0.4, -0.2) is 11.1 Å². The normalized spacial score (nSPS) is 10.8. The number of aromatic nitrogens is 1. The lowest BCUT2D eigenvalue weighted by Crippen LogP contribution is -2.11. The highest BCUT2D eigenvalue weighted by Gasteiger charge is 2.14. The van der Waals surface area contributed by atoms with Gasteiger partial charge in [-0.2, -0.15) is 0 Å². The van der Waals surface area contributed by atoms with Crippen molar-refractivity contribution in [2.24, 2.45) is 0 Å². The third-order valence-electron chi connectivity index (χ3n) is 4.12. The molecule has 5 heteroatoms. The first kappa shape index (κ1) is 16.0. The lowest BCUT2D eigenvalue weighted by atomic mass is 10.1. The van der Waals surface area contributed by atoms with Gasteiger partial charge in [-0.25, -0.2) is 4.39 Å². The quantitative estimate of drug-likeness (QED) is 0.555. The summed E-state index contributed by atoms with van der Waals surface area (Å²) < 4.78 is 18.6. The fourth-order valence-corrected chi connectivity index (χ4v) is 2.82. The average Bonchev–Trinajstić information content (AvgIpc) is 3.05. The number of carbonyl (C=O) groups excluding carboxylic acids is 1. The summed E-state index contributed by atoms with van der Waals surface area (Å²) in [6.07, 6.45) is 0. The van der Waals surface area contributed by atoms with Gasteiger partial charge in [0.15, 0.2) is 5.76 Å². The third kappa shape index (κ3) is 3.07. The molecule has 4 rings (SSSR count). The molecule has 0 radical (unpaired) electrons. The van der Waals surface area contributed by atoms with Crippen LogP contribution < -0.4 is 5.32 Å². The fourth-order valence-electron chi connectivity index (χ4n) is 2.82. The first-order valence-electron chi connectivity index (χ1n) is 8.13. The molecule has 1 N–H and O–H groups in total. The molecule has 3 aromatic carbocycles. The maximum Gasteiger partial charge on any atom is 0.255 e. The van der Waals surface area contributed by atoms with E-state index in [0.29, 0.717) is 27.8 Å². The molecular formula is C21H15FN2O2. The van der Waals surface area contributed by atoms with Crippen molar-refractivity contribution in [3.63, 3.8) is 0 Å². The number of rotatable bonds is 3. The summed E-state index contributed by atoms with van der Waals surface area (Å²) in [7, 11) is 0. The lowest BCUT2D eigenvalue weighted by Gasteiger charge is -2.06. The van der Waals surface area contributed by atoms with E-state index >= 15 is 0 Å². The molecule has 26 heavy (non-hydrogen) atoms. The highest BCUT2D eigenvalue weighted by molar-refractivity contribution is 6.07. The molecule has 1 heterocycles. The van der Waals surface area contributed by atoms with E-state index < -0.39 is 0 Å². The first-order chi connectivity index (χ1) is 12.6. The molecule has 0 unspecified atom stereocenters. The summed E-state index contributed by atoms with van der Waals surface area (Å²) in [5.74, 6) is -0.0373. The Morgan fingerprint density at radius 3 is 2.62 bits per heavy atom. The molecule has 0 fully saturated rings. The molecule has 4 aromatic rings. The molecule has 0 saturated carbocycles. The van der Waals surface area contributed by atoms with Gasteiger partial charge in [0, 0.05) is 16.8 Å². The number of halogens is 1. The SMILES string of the molecule is Cc1cccc(NC(=O)c2ccc3noc(-c4ccc(F)cc4)c3c2)c1. The molecule has 0 spiro atoms. The molecule has 0 aliphatic carbocycles. The van der Waals surface area contributed by atoms with Gasteiger partial charge >= 0.3 is 0 Å². The minimum absolute atomic E-state index is 0.219. The Bertz CT molecular complexity index is 1100. The molecule has 0 atom stereocenters. The fraction of sp³-hybridized carbons (Fsp3) is 0.0476. The van der Waals surface area contributed by atoms with E-state index in [1.165, 1.54) is 12.1 Å². The predicted molar refractivity (Wildman–Crippen MR) is 98.5 cm³/mol. The number of anilines is 1. The number of amides is 1. The molecule has 0 saturated heterocycles. The van der Waals surface area contributed by atoms with Crippen LogP contribution in [0.25, 0.3) is 22.2 Å². The Labute approximate surface area is 149 Å². The molecule has 128 valence electrons. The highest BCUT2D eigenvalue weighted by Crippen LogP contribution is 2.29. The maximum atomic E-state index is 13.1. The van der Waals surface area contributed by atoms with Gasteiger partial charge in [-0.15, -0.1) is 0 Å². The largest absolute Gasteiger partial charge is 0.355 e. The van der Waals surface area contributed by atoms with Crippen LogP contribution >= 0.6 is 0 Å². The third-order valence-corrected chi connectivity index (χ3v) is 4.12. The number of carbonyl (C=O) groups is 1. The molecule has 4 nitrogen and oxygen atoms in total. The smallest absolute Gasteiger partial charge is 0.255 e. The Morgan fingerprint density at radius 2 is 1.85 bits per heavy atom. The summed E-state index contributed by atoms with van der Waals surface area (Å²) in [5.41, 5.74) is 3.63. The second-order valence-electron chi connectivity index (χ2n) is 6.07. The van der Waals surface area contributed by atoms with Gasteiger partial charge in [-0.3, -0.25) is 4.79 Å². The van der Waals surface area contributed by atoms with E-state index in [1.54, 1.807) is 30.3 Å². The van der Waals surface area contributed by atoms with Crippen LogP contribution in [0.2, 0.25) is 0 Å². The van der Waals surface area contributed by atoms with Gasteiger partial charge in [-0.05, 0) is 67.1 Å². The van der Waals surface area contributed by atoms with E-state index in [1.807, 2.05) is 31.2 Å². The highest BCUT2D eigenvalue weighted by atomic mass is 19.1. The van der Waals surface area contributed by atoms with Crippen molar-refractivity contribution >= 4 is 22.5 Å². The summed E-state index contributed by atoms with van der Waals surface area (Å²) in [5, 5.41) is 7.60. The number of nitrogens with zero attached hydrogens (tertiary/aromatic N) is 1. The van der Waals surface area contributed by atoms with Crippen LogP contribution in [0.1, 0.15) is 15.9 Å². The van der Waals surface area contributed by atoms with Crippen LogP contribution in [-0.2, 0) is 0 Å². The molecule has 0 aliphatic heterocycles. The topological polar surface area (TPSA) is 55.1 Å². The van der Waals surface area contributed by atoms with Crippen LogP contribution in [0.15, 0.2) is 71.3 Å². The number of benzene rings is 3. The number of aryl methyl sites for hydroxylation is 1. The van der Waals surface area contributed by atoms with Crippen molar-refractivity contribution in [1.82, 2.24) is 5.16 Å². The number of nitrogens with one attached hydrogen (secondary N) is 1. The molecule has 0 aliphatic rings. The Kier molecular flexibility index (Phi) is 3.97. The average molecular weight is 346 g/mol. The van der Waals surface area contributed by atoms with Crippen LogP contribution in [0.3, 0.4) is 0 Å². The minimum Gasteiger partial charge on any atom is -0.355 e. The Morgan fingerprint density at radius 1 is 1.04 bits per heavy atom. The first-order valence-corrected chi connectivity index (χ1v) is 8.13. The number of hydrogen-bond acceptors (Lipinski definition) is 3. The van der Waals surface area contributed by atoms with Gasteiger partial charge in [0.25, 0.3) is 5.91 Å². The maximum absolute atomic E-state index is 13.1. The minimum atomic E-state index is -0.323. The van der Waals surface area contributed by atoms with Crippen molar-refractivity contribution in [1.29, 1.82) is 0 Å². The summed E-state index contributed by atoms with van der Waals surface area (Å²) in [4.78, 5) is 12.6. The molecule has 0 bridgehead atoms. The van der Waals surface area contributed by atoms with Gasteiger partial charge in [-0.1, -0.05) is 17.3 Å². The van der Waals surface area contributed by atoms with Gasteiger partial charge in [0.1, 0.15) is 11.3 Å². The van der Waals surface area contributed by atoms with Gasteiger partial charge in [0.2, 0.25) is 0 Å². The molecular weight excluding hydrogens is 331 g/mol. The van der Waals surface area contributed by atoms with Crippen molar-refractivity contribution in [2.45, 2.75) is 6.92 Å². The number of fused-ring (bicyclic) bond motifs is 1. The number of hydrogen-bond donors (Lipinski definition) is 1. The van der Waals surface area contributed by atoms with E-state index in [9.17, 15) is 9.18 Å². The van der Waals surface area contributed by atoms with E-state index in [4.69, 9.17) is 4.52 Å². The van der Waals surface area contributed by atoms with E-state index in [-0.39, 0.29) is 11.7 Å². The monoisotopic (exact) mass is 346 g/mol. The lowest BCUT2D eigenvalue weighted by molar-refractivity contribution is 0.102. The van der Waals surface area contributed by atoms with Crippen molar-refractivity contribution in [3.8, 4) is 11.3 Å². The molecule has 1 amide bonds. The second-order valence-corrected chi connectivity index (χ2v) is 6.07. The van der Waals surface area contributed by atoms with E-state index in [0.717, 1.165) is 11.3 Å². The van der Waals surface area contributed by atoms with Crippen LogP contribution in [0.5, 0.6) is 0 Å². The zero-order chi connectivity index (χ0) is 18.1. The zero-order valence-corrected chi connectivity index (χ0v) is 14.0. The summed E-state index contributed by atoms with van der Waals surface area (Å²) in [6.45, 7) is 1.97. The van der Waals surface area contributed by atoms with Crippen molar-refractivity contribution in [2.75, 3.05) is 5.32 Å². The standard InChI is InChI=1S/C21H15FN2O2/c1-13-3-2-4-17(11-13)23-21(25)15-7-10-19-18(12-15)20(26-24-19)14-5-8-16(22)9-6-14/h2-12H,1H3,(H,23,25). The Hall–Kier alpha value is -3.47. The summed E-state index contributed by atoms with van der Waals surface area (Å²) >= 11 is 0.